The number of para-hydroxylation sites is 1. The number of H-pyrrole nitrogens is 1. The first-order valence-electron chi connectivity index (χ1n) is 10.1. The van der Waals surface area contributed by atoms with Crippen LogP contribution in [0.1, 0.15) is 40.4 Å². The second kappa shape index (κ2) is 7.74. The van der Waals surface area contributed by atoms with Crippen molar-refractivity contribution >= 4 is 28.3 Å². The fraction of sp³-hybridized carbons (Fsp3) is 0.333. The second-order valence-corrected chi connectivity index (χ2v) is 8.05. The predicted molar refractivity (Wildman–Crippen MR) is 117 cm³/mol. The molecule has 1 aliphatic rings. The molecule has 1 aliphatic heterocycles. The fourth-order valence-corrected chi connectivity index (χ4v) is 4.28. The van der Waals surface area contributed by atoms with E-state index in [9.17, 15) is 9.59 Å². The Bertz CT molecular complexity index is 1040. The van der Waals surface area contributed by atoms with E-state index in [4.69, 9.17) is 0 Å². The van der Waals surface area contributed by atoms with E-state index in [1.165, 1.54) is 11.3 Å². The molecule has 1 amide bonds. The molecule has 0 aliphatic carbocycles. The first-order chi connectivity index (χ1) is 14.0. The van der Waals surface area contributed by atoms with Crippen LogP contribution in [0.4, 0.5) is 5.69 Å². The summed E-state index contributed by atoms with van der Waals surface area (Å²) in [5, 5.41) is 0.819. The zero-order valence-corrected chi connectivity index (χ0v) is 17.2. The lowest BCUT2D eigenvalue weighted by Crippen LogP contribution is -2.41. The number of fused-ring (bicyclic) bond motifs is 1. The van der Waals surface area contributed by atoms with Crippen molar-refractivity contribution in [1.29, 1.82) is 0 Å². The summed E-state index contributed by atoms with van der Waals surface area (Å²) < 4.78 is 0. The van der Waals surface area contributed by atoms with Crippen LogP contribution >= 0.6 is 0 Å². The lowest BCUT2D eigenvalue weighted by molar-refractivity contribution is -0.127. The van der Waals surface area contributed by atoms with Crippen molar-refractivity contribution in [3.8, 4) is 0 Å². The standard InChI is InChI=1S/C24H27N3O2/c1-16-22(20-6-4-5-7-21(20)25-16)23(28)24(29)27-14-12-18(13-15-27)17-8-10-19(11-9-17)26(2)3/h4-11,18,25H,12-15H2,1-3H3. The van der Waals surface area contributed by atoms with Crippen LogP contribution in [0.5, 0.6) is 0 Å². The van der Waals surface area contributed by atoms with Crippen molar-refractivity contribution in [1.82, 2.24) is 9.88 Å². The third-order valence-electron chi connectivity index (χ3n) is 5.98. The highest BCUT2D eigenvalue weighted by atomic mass is 16.2. The smallest absolute Gasteiger partial charge is 0.295 e. The third kappa shape index (κ3) is 3.65. The molecule has 2 aromatic carbocycles. The highest BCUT2D eigenvalue weighted by Crippen LogP contribution is 2.30. The Labute approximate surface area is 171 Å². The highest BCUT2D eigenvalue weighted by Gasteiger charge is 2.30. The van der Waals surface area contributed by atoms with Gasteiger partial charge in [0.2, 0.25) is 0 Å². The van der Waals surface area contributed by atoms with Crippen molar-refractivity contribution in [2.24, 2.45) is 0 Å². The SMILES string of the molecule is Cc1[nH]c2ccccc2c1C(=O)C(=O)N1CCC(c2ccc(N(C)C)cc2)CC1. The number of hydrogen-bond donors (Lipinski definition) is 1. The average Bonchev–Trinajstić information content (AvgIpc) is 3.08. The van der Waals surface area contributed by atoms with Crippen LogP contribution in [0.25, 0.3) is 10.9 Å². The lowest BCUT2D eigenvalue weighted by atomic mass is 9.89. The molecule has 1 fully saturated rings. The molecule has 1 N–H and O–H groups in total. The number of aryl methyl sites for hydroxylation is 1. The van der Waals surface area contributed by atoms with Gasteiger partial charge in [0.1, 0.15) is 0 Å². The number of hydrogen-bond acceptors (Lipinski definition) is 3. The van der Waals surface area contributed by atoms with Crippen LogP contribution in [0.3, 0.4) is 0 Å². The number of amides is 1. The normalized spacial score (nSPS) is 14.9. The molecule has 5 nitrogen and oxygen atoms in total. The van der Waals surface area contributed by atoms with E-state index >= 15 is 0 Å². The van der Waals surface area contributed by atoms with Crippen LogP contribution in [-0.2, 0) is 4.79 Å². The third-order valence-corrected chi connectivity index (χ3v) is 5.98. The summed E-state index contributed by atoms with van der Waals surface area (Å²) in [6.07, 6.45) is 1.76. The van der Waals surface area contributed by atoms with E-state index in [0.717, 1.165) is 29.4 Å². The number of carbonyl (C=O) groups is 2. The number of rotatable bonds is 4. The number of ketones is 1. The minimum atomic E-state index is -0.409. The molecule has 29 heavy (non-hydrogen) atoms. The maximum Gasteiger partial charge on any atom is 0.295 e. The molecule has 2 heterocycles. The van der Waals surface area contributed by atoms with Crippen LogP contribution in [0.15, 0.2) is 48.5 Å². The molecule has 0 bridgehead atoms. The number of piperidine rings is 1. The van der Waals surface area contributed by atoms with Gasteiger partial charge in [-0.1, -0.05) is 30.3 Å². The second-order valence-electron chi connectivity index (χ2n) is 8.05. The van der Waals surface area contributed by atoms with Gasteiger partial charge in [-0.05, 0) is 49.4 Å². The van der Waals surface area contributed by atoms with Gasteiger partial charge < -0.3 is 14.8 Å². The first kappa shape index (κ1) is 19.2. The van der Waals surface area contributed by atoms with Crippen molar-refractivity contribution in [2.75, 3.05) is 32.1 Å². The highest BCUT2D eigenvalue weighted by molar-refractivity contribution is 6.45. The van der Waals surface area contributed by atoms with Crippen LogP contribution < -0.4 is 4.90 Å². The van der Waals surface area contributed by atoms with E-state index in [0.29, 0.717) is 24.6 Å². The number of likely N-dealkylation sites (tertiary alicyclic amines) is 1. The largest absolute Gasteiger partial charge is 0.378 e. The number of carbonyl (C=O) groups excluding carboxylic acids is 2. The molecule has 0 atom stereocenters. The number of nitrogens with one attached hydrogen (secondary N) is 1. The minimum Gasteiger partial charge on any atom is -0.378 e. The van der Waals surface area contributed by atoms with Crippen molar-refractivity contribution < 1.29 is 9.59 Å². The Kier molecular flexibility index (Phi) is 5.14. The van der Waals surface area contributed by atoms with Gasteiger partial charge >= 0.3 is 0 Å². The van der Waals surface area contributed by atoms with Gasteiger partial charge in [-0.15, -0.1) is 0 Å². The topological polar surface area (TPSA) is 56.4 Å². The van der Waals surface area contributed by atoms with Crippen molar-refractivity contribution in [3.05, 3.63) is 65.4 Å². The summed E-state index contributed by atoms with van der Waals surface area (Å²) in [7, 11) is 4.07. The summed E-state index contributed by atoms with van der Waals surface area (Å²) >= 11 is 0. The number of aromatic amines is 1. The number of aromatic nitrogens is 1. The van der Waals surface area contributed by atoms with Crippen LogP contribution in [0, 0.1) is 6.92 Å². The molecule has 3 aromatic rings. The summed E-state index contributed by atoms with van der Waals surface area (Å²) in [5.41, 5.74) is 4.64. The number of nitrogens with zero attached hydrogens (tertiary/aromatic N) is 2. The summed E-state index contributed by atoms with van der Waals surface area (Å²) in [6.45, 7) is 3.09. The van der Waals surface area contributed by atoms with Crippen LogP contribution in [0.2, 0.25) is 0 Å². The molecule has 4 rings (SSSR count). The molecule has 1 aromatic heterocycles. The zero-order valence-electron chi connectivity index (χ0n) is 17.2. The monoisotopic (exact) mass is 389 g/mol. The zero-order chi connectivity index (χ0) is 20.5. The predicted octanol–water partition coefficient (Wildman–Crippen LogP) is 4.13. The quantitative estimate of drug-likeness (QED) is 0.539. The molecule has 0 saturated carbocycles. The van der Waals surface area contributed by atoms with Gasteiger partial charge in [0.25, 0.3) is 11.7 Å². The molecule has 0 radical (unpaired) electrons. The molecular formula is C24H27N3O2. The molecule has 150 valence electrons. The number of benzene rings is 2. The Morgan fingerprint density at radius 1 is 1.00 bits per heavy atom. The van der Waals surface area contributed by atoms with Gasteiger partial charge in [-0.3, -0.25) is 9.59 Å². The molecule has 0 spiro atoms. The van der Waals surface area contributed by atoms with Gasteiger partial charge in [0, 0.05) is 49.5 Å². The van der Waals surface area contributed by atoms with Crippen molar-refractivity contribution in [3.63, 3.8) is 0 Å². The summed E-state index contributed by atoms with van der Waals surface area (Å²) in [5.74, 6) is -0.367. The Balaban J connectivity index is 1.44. The van der Waals surface area contributed by atoms with E-state index in [-0.39, 0.29) is 5.91 Å². The summed E-state index contributed by atoms with van der Waals surface area (Å²) in [6, 6.07) is 16.3. The number of anilines is 1. The average molecular weight is 389 g/mol. The number of Topliss-reactive ketones (excluding diaryl/α,β-unsaturated/α-hetero) is 1. The molecule has 0 unspecified atom stereocenters. The van der Waals surface area contributed by atoms with Gasteiger partial charge in [-0.2, -0.15) is 0 Å². The van der Waals surface area contributed by atoms with E-state index in [2.05, 4.69) is 34.1 Å². The molecule has 5 heteroatoms. The van der Waals surface area contributed by atoms with Crippen LogP contribution in [-0.4, -0.2) is 48.8 Å². The Morgan fingerprint density at radius 2 is 1.66 bits per heavy atom. The Hall–Kier alpha value is -3.08. The lowest BCUT2D eigenvalue weighted by Gasteiger charge is -2.32. The minimum absolute atomic E-state index is 0.390. The Morgan fingerprint density at radius 3 is 2.31 bits per heavy atom. The first-order valence-corrected chi connectivity index (χ1v) is 10.1. The molecular weight excluding hydrogens is 362 g/mol. The fourth-order valence-electron chi connectivity index (χ4n) is 4.28. The van der Waals surface area contributed by atoms with Gasteiger partial charge in [0.05, 0.1) is 5.56 Å². The van der Waals surface area contributed by atoms with Gasteiger partial charge in [0.15, 0.2) is 0 Å². The van der Waals surface area contributed by atoms with Crippen molar-refractivity contribution in [2.45, 2.75) is 25.7 Å². The summed E-state index contributed by atoms with van der Waals surface area (Å²) in [4.78, 5) is 32.9. The van der Waals surface area contributed by atoms with E-state index in [1.54, 1.807) is 4.90 Å². The van der Waals surface area contributed by atoms with Gasteiger partial charge in [-0.25, -0.2) is 0 Å². The maximum absolute atomic E-state index is 13.0. The van der Waals surface area contributed by atoms with E-state index < -0.39 is 5.78 Å². The maximum atomic E-state index is 13.0. The molecule has 1 saturated heterocycles. The van der Waals surface area contributed by atoms with E-state index in [1.807, 2.05) is 45.3 Å².